The zero-order valence-corrected chi connectivity index (χ0v) is 25.4. The minimum Gasteiger partial charge on any atom is -0.396 e. The molecule has 0 unspecified atom stereocenters. The Morgan fingerprint density at radius 3 is 2.69 bits per heavy atom. The van der Waals surface area contributed by atoms with Gasteiger partial charge in [-0.15, -0.1) is 0 Å². The van der Waals surface area contributed by atoms with Crippen LogP contribution < -0.4 is 5.32 Å². The molecule has 234 valence electrons. The number of aliphatic hydroxyl groups excluding tert-OH is 4. The molecule has 2 saturated carbocycles. The van der Waals surface area contributed by atoms with Crippen LogP contribution in [0.5, 0.6) is 0 Å². The second-order valence-corrected chi connectivity index (χ2v) is 14.9. The van der Waals surface area contributed by atoms with E-state index in [1.807, 2.05) is 0 Å². The zero-order chi connectivity index (χ0) is 29.7. The maximum atomic E-state index is 14.5. The molecule has 0 amide bonds. The van der Waals surface area contributed by atoms with Crippen LogP contribution in [0.25, 0.3) is 0 Å². The average molecular weight is 588 g/mol. The van der Waals surface area contributed by atoms with E-state index in [-0.39, 0.29) is 35.1 Å². The van der Waals surface area contributed by atoms with E-state index in [4.69, 9.17) is 14.2 Å². The van der Waals surface area contributed by atoms with Crippen molar-refractivity contribution in [1.82, 2.24) is 5.32 Å². The topological polar surface area (TPSA) is 138 Å². The van der Waals surface area contributed by atoms with E-state index in [1.54, 1.807) is 0 Å². The molecule has 0 bridgehead atoms. The van der Waals surface area contributed by atoms with Crippen molar-refractivity contribution in [3.8, 4) is 0 Å². The first kappa shape index (κ1) is 29.5. The van der Waals surface area contributed by atoms with Crippen LogP contribution in [-0.4, -0.2) is 88.0 Å². The lowest BCUT2D eigenvalue weighted by Crippen LogP contribution is -2.57. The summed E-state index contributed by atoms with van der Waals surface area (Å²) >= 11 is 0. The molecule has 0 aromatic rings. The van der Waals surface area contributed by atoms with Gasteiger partial charge in [0.05, 0.1) is 36.4 Å². The molecule has 15 atom stereocenters. The molecule has 3 aliphatic heterocycles. The summed E-state index contributed by atoms with van der Waals surface area (Å²) in [6.07, 6.45) is 2.96. The fraction of sp³-hybridized carbons (Fsp3) is 0.848. The summed E-state index contributed by atoms with van der Waals surface area (Å²) in [5.41, 5.74) is 2.90. The van der Waals surface area contributed by atoms with Gasteiger partial charge in [-0.2, -0.15) is 0 Å². The molecule has 3 saturated heterocycles. The van der Waals surface area contributed by atoms with Crippen molar-refractivity contribution in [1.29, 1.82) is 0 Å². The van der Waals surface area contributed by atoms with Gasteiger partial charge in [0.2, 0.25) is 0 Å². The van der Waals surface area contributed by atoms with Crippen LogP contribution in [0.2, 0.25) is 0 Å². The van der Waals surface area contributed by atoms with Gasteiger partial charge >= 0.3 is 0 Å². The van der Waals surface area contributed by atoms with Gasteiger partial charge in [0.15, 0.2) is 18.4 Å². The smallest absolute Gasteiger partial charge is 0.186 e. The molecule has 7 rings (SSSR count). The standard InChI is InChI=1S/C33H49NO8/c1-15-11-23-26(34-13-15)17(3)33(42-23)10-8-20-21-6-5-18-12-19(40-31-22(14-35)27(36)29(38)30(39)41-31)7-9-32(18,4)25(21)28(37)24(20)16(33)2/h5,15,17,19-23,25-27,29-31,34-36,38-39H,6-14H2,1-4H3/t15-,17+,19-,20+,21-,22+,23+,25-,26-,27-,29-,30-,31-,32-,33-/m0/s1. The Kier molecular flexibility index (Phi) is 7.34. The molecule has 42 heavy (non-hydrogen) atoms. The molecule has 0 aromatic heterocycles. The number of ether oxygens (including phenoxy) is 3. The highest BCUT2D eigenvalue weighted by Gasteiger charge is 2.63. The van der Waals surface area contributed by atoms with Crippen LogP contribution in [0.4, 0.5) is 0 Å². The fourth-order valence-corrected chi connectivity index (χ4v) is 10.4. The van der Waals surface area contributed by atoms with Crippen molar-refractivity contribution >= 4 is 5.78 Å². The maximum Gasteiger partial charge on any atom is 0.186 e. The number of piperidine rings is 1. The summed E-state index contributed by atoms with van der Waals surface area (Å²) in [6, 6.07) is 0.345. The van der Waals surface area contributed by atoms with Crippen LogP contribution in [0.3, 0.4) is 0 Å². The van der Waals surface area contributed by atoms with Crippen molar-refractivity contribution in [2.45, 2.75) is 121 Å². The molecule has 9 heteroatoms. The molecule has 4 aliphatic carbocycles. The van der Waals surface area contributed by atoms with Gasteiger partial charge in [0, 0.05) is 23.5 Å². The number of carbonyl (C=O) groups excluding carboxylic acids is 1. The molecule has 0 aromatic carbocycles. The number of Topliss-reactive ketones (excluding diaryl/α,β-unsaturated/α-hetero) is 1. The van der Waals surface area contributed by atoms with Crippen molar-refractivity contribution < 1.29 is 39.4 Å². The minimum atomic E-state index is -1.58. The van der Waals surface area contributed by atoms with E-state index in [1.165, 1.54) is 11.1 Å². The Hall–Kier alpha value is -1.17. The van der Waals surface area contributed by atoms with E-state index in [9.17, 15) is 25.2 Å². The fourth-order valence-electron chi connectivity index (χ4n) is 10.4. The number of allylic oxidation sites excluding steroid dienone is 2. The van der Waals surface area contributed by atoms with E-state index in [2.05, 4.69) is 39.1 Å². The molecule has 9 nitrogen and oxygen atoms in total. The first-order chi connectivity index (χ1) is 20.0. The summed E-state index contributed by atoms with van der Waals surface area (Å²) < 4.78 is 18.7. The SMILES string of the molecule is CC1=C2C(=O)[C@@H]3[C@@H](CC=C4C[C@@H](O[C@H]5O[C@H](O)[C@@H](O)[C@@H](O)[C@H]5CO)CC[C@@]43C)[C@H]2CC[C@]12O[C@@H]1C[C@H](C)CN[C@H]1[C@H]2C. The number of carbonyl (C=O) groups is 1. The Labute approximate surface area is 248 Å². The molecule has 5 N–H and O–H groups in total. The normalized spacial score (nSPS) is 53.9. The lowest BCUT2D eigenvalue weighted by molar-refractivity contribution is -0.341. The van der Waals surface area contributed by atoms with E-state index < -0.39 is 37.3 Å². The molecule has 1 spiro atoms. The minimum absolute atomic E-state index is 0.0457. The van der Waals surface area contributed by atoms with Crippen LogP contribution in [0.15, 0.2) is 22.8 Å². The summed E-state index contributed by atoms with van der Waals surface area (Å²) in [5.74, 6) is 0.961. The van der Waals surface area contributed by atoms with Gasteiger partial charge in [-0.3, -0.25) is 4.79 Å². The number of hydrogen-bond donors (Lipinski definition) is 5. The lowest BCUT2D eigenvalue weighted by Gasteiger charge is -2.49. The van der Waals surface area contributed by atoms with Crippen molar-refractivity contribution in [3.05, 3.63) is 22.8 Å². The Balaban J connectivity index is 1.11. The quantitative estimate of drug-likeness (QED) is 0.315. The van der Waals surface area contributed by atoms with Gasteiger partial charge < -0.3 is 40.0 Å². The van der Waals surface area contributed by atoms with Crippen LogP contribution in [-0.2, 0) is 19.0 Å². The largest absolute Gasteiger partial charge is 0.396 e. The third-order valence-corrected chi connectivity index (χ3v) is 12.8. The van der Waals surface area contributed by atoms with Gasteiger partial charge in [-0.05, 0) is 87.2 Å². The highest BCUT2D eigenvalue weighted by Crippen LogP contribution is 2.64. The number of fused-ring (bicyclic) bond motifs is 6. The number of aliphatic hydroxyl groups is 4. The van der Waals surface area contributed by atoms with Gasteiger partial charge in [-0.25, -0.2) is 0 Å². The highest BCUT2D eigenvalue weighted by molar-refractivity contribution is 6.02. The third-order valence-electron chi connectivity index (χ3n) is 12.8. The van der Waals surface area contributed by atoms with Gasteiger partial charge in [0.25, 0.3) is 0 Å². The Morgan fingerprint density at radius 1 is 1.14 bits per heavy atom. The monoisotopic (exact) mass is 587 g/mol. The van der Waals surface area contributed by atoms with Crippen LogP contribution in [0.1, 0.15) is 72.6 Å². The molecular formula is C33H49NO8. The van der Waals surface area contributed by atoms with E-state index in [0.29, 0.717) is 42.4 Å². The third kappa shape index (κ3) is 4.14. The highest BCUT2D eigenvalue weighted by atomic mass is 16.7. The van der Waals surface area contributed by atoms with Crippen LogP contribution >= 0.6 is 0 Å². The first-order valence-electron chi connectivity index (χ1n) is 16.3. The average Bonchev–Trinajstić information content (AvgIpc) is 3.41. The molecule has 7 aliphatic rings. The number of hydrogen-bond acceptors (Lipinski definition) is 9. The molecule has 5 fully saturated rings. The summed E-state index contributed by atoms with van der Waals surface area (Å²) in [7, 11) is 0. The Bertz CT molecular complexity index is 1170. The molecular weight excluding hydrogens is 538 g/mol. The predicted octanol–water partition coefficient (Wildman–Crippen LogP) is 2.21. The number of nitrogens with one attached hydrogen (secondary N) is 1. The maximum absolute atomic E-state index is 14.5. The lowest BCUT2D eigenvalue weighted by atomic mass is 9.56. The second kappa shape index (κ2) is 10.4. The van der Waals surface area contributed by atoms with Crippen molar-refractivity contribution in [3.63, 3.8) is 0 Å². The zero-order valence-electron chi connectivity index (χ0n) is 25.4. The summed E-state index contributed by atoms with van der Waals surface area (Å²) in [4.78, 5) is 14.5. The summed E-state index contributed by atoms with van der Waals surface area (Å²) in [6.45, 7) is 9.65. The van der Waals surface area contributed by atoms with E-state index >= 15 is 0 Å². The van der Waals surface area contributed by atoms with E-state index in [0.717, 1.165) is 44.2 Å². The number of ketones is 1. The Morgan fingerprint density at radius 2 is 1.93 bits per heavy atom. The summed E-state index contributed by atoms with van der Waals surface area (Å²) in [5, 5.41) is 44.0. The van der Waals surface area contributed by atoms with Crippen LogP contribution in [0, 0.1) is 40.9 Å². The van der Waals surface area contributed by atoms with Gasteiger partial charge in [-0.1, -0.05) is 32.4 Å². The first-order valence-corrected chi connectivity index (χ1v) is 16.3. The predicted molar refractivity (Wildman–Crippen MR) is 153 cm³/mol. The second-order valence-electron chi connectivity index (χ2n) is 14.9. The van der Waals surface area contributed by atoms with Crippen molar-refractivity contribution in [2.24, 2.45) is 40.9 Å². The number of rotatable bonds is 3. The van der Waals surface area contributed by atoms with Gasteiger partial charge in [0.1, 0.15) is 6.10 Å². The van der Waals surface area contributed by atoms with Crippen molar-refractivity contribution in [2.75, 3.05) is 13.2 Å². The molecule has 3 heterocycles. The molecule has 0 radical (unpaired) electrons.